The molecule has 0 aliphatic carbocycles. The normalized spacial score (nSPS) is 18.1. The Kier molecular flexibility index (Phi) is 2.98. The molecule has 0 spiro atoms. The average molecular weight is 278 g/mol. The molecule has 1 N–H and O–H groups in total. The molecule has 0 bridgehead atoms. The number of carbonyl (C=O) groups is 1. The fourth-order valence-electron chi connectivity index (χ4n) is 2.35. The Labute approximate surface area is 114 Å². The van der Waals surface area contributed by atoms with E-state index in [1.165, 1.54) is 0 Å². The molecule has 2 aromatic rings. The first-order valence-corrected chi connectivity index (χ1v) is 6.44. The minimum atomic E-state index is -0.762. The van der Waals surface area contributed by atoms with Crippen LogP contribution in [0.3, 0.4) is 0 Å². The number of aliphatic carboxylic acids is 1. The van der Waals surface area contributed by atoms with Gasteiger partial charge in [0.25, 0.3) is 0 Å². The van der Waals surface area contributed by atoms with Gasteiger partial charge in [-0.1, -0.05) is 11.6 Å². The van der Waals surface area contributed by atoms with E-state index in [1.807, 2.05) is 16.7 Å². The van der Waals surface area contributed by atoms with Crippen LogP contribution in [0.4, 0.5) is 0 Å². The Bertz CT molecular complexity index is 621. The van der Waals surface area contributed by atoms with Crippen LogP contribution in [0.2, 0.25) is 5.02 Å². The van der Waals surface area contributed by atoms with E-state index in [4.69, 9.17) is 16.7 Å². The van der Waals surface area contributed by atoms with Crippen molar-refractivity contribution >= 4 is 17.6 Å². The molecular weight excluding hydrogens is 266 g/mol. The Balaban J connectivity index is 1.95. The number of hydrogen-bond donors (Lipinski definition) is 1. The SMILES string of the molecule is O=C(O)C1CCn2c(nnc2-c2ccc(Cl)cc2)C1. The number of benzene rings is 1. The van der Waals surface area contributed by atoms with Crippen LogP contribution >= 0.6 is 11.6 Å². The first-order chi connectivity index (χ1) is 9.15. The Morgan fingerprint density at radius 1 is 1.32 bits per heavy atom. The van der Waals surface area contributed by atoms with Gasteiger partial charge in [-0.2, -0.15) is 0 Å². The van der Waals surface area contributed by atoms with E-state index >= 15 is 0 Å². The van der Waals surface area contributed by atoms with Gasteiger partial charge in [-0.15, -0.1) is 10.2 Å². The Morgan fingerprint density at radius 2 is 2.05 bits per heavy atom. The quantitative estimate of drug-likeness (QED) is 0.914. The summed E-state index contributed by atoms with van der Waals surface area (Å²) in [5.74, 6) is 0.399. The number of hydrogen-bond acceptors (Lipinski definition) is 3. The van der Waals surface area contributed by atoms with Crippen LogP contribution < -0.4 is 0 Å². The molecule has 0 amide bonds. The van der Waals surface area contributed by atoms with Crippen LogP contribution in [-0.4, -0.2) is 25.8 Å². The van der Waals surface area contributed by atoms with Gasteiger partial charge in [0.15, 0.2) is 5.82 Å². The van der Waals surface area contributed by atoms with Gasteiger partial charge in [-0.05, 0) is 30.7 Å². The Hall–Kier alpha value is -1.88. The molecule has 6 heteroatoms. The second kappa shape index (κ2) is 4.66. The van der Waals surface area contributed by atoms with Gasteiger partial charge in [-0.3, -0.25) is 4.79 Å². The van der Waals surface area contributed by atoms with E-state index in [1.54, 1.807) is 12.1 Å². The summed E-state index contributed by atoms with van der Waals surface area (Å²) in [7, 11) is 0. The molecule has 2 heterocycles. The number of fused-ring (bicyclic) bond motifs is 1. The smallest absolute Gasteiger partial charge is 0.307 e. The average Bonchev–Trinajstić information content (AvgIpc) is 2.82. The predicted octanol–water partition coefficient (Wildman–Crippen LogP) is 2.25. The summed E-state index contributed by atoms with van der Waals surface area (Å²) in [5.41, 5.74) is 0.942. The molecule has 1 atom stereocenters. The van der Waals surface area contributed by atoms with Crippen molar-refractivity contribution in [3.05, 3.63) is 35.1 Å². The monoisotopic (exact) mass is 277 g/mol. The minimum absolute atomic E-state index is 0.352. The maximum Gasteiger partial charge on any atom is 0.307 e. The van der Waals surface area contributed by atoms with Gasteiger partial charge < -0.3 is 9.67 Å². The van der Waals surface area contributed by atoms with E-state index in [0.29, 0.717) is 24.4 Å². The number of carboxylic acid groups (broad SMARTS) is 1. The number of nitrogens with zero attached hydrogens (tertiary/aromatic N) is 3. The molecule has 3 rings (SSSR count). The largest absolute Gasteiger partial charge is 0.481 e. The summed E-state index contributed by atoms with van der Waals surface area (Å²) in [6.45, 7) is 0.636. The van der Waals surface area contributed by atoms with Crippen molar-refractivity contribution < 1.29 is 9.90 Å². The number of rotatable bonds is 2. The van der Waals surface area contributed by atoms with Crippen LogP contribution in [0.5, 0.6) is 0 Å². The fourth-order valence-corrected chi connectivity index (χ4v) is 2.48. The molecule has 1 aromatic heterocycles. The molecule has 1 aliphatic heterocycles. The van der Waals surface area contributed by atoms with E-state index < -0.39 is 5.97 Å². The molecule has 19 heavy (non-hydrogen) atoms. The molecular formula is C13H12ClN3O2. The number of aromatic nitrogens is 3. The third kappa shape index (κ3) is 2.21. The van der Waals surface area contributed by atoms with E-state index in [9.17, 15) is 4.79 Å². The van der Waals surface area contributed by atoms with Crippen molar-refractivity contribution in [1.82, 2.24) is 14.8 Å². The third-order valence-corrected chi connectivity index (χ3v) is 3.66. The van der Waals surface area contributed by atoms with Gasteiger partial charge in [-0.25, -0.2) is 0 Å². The summed E-state index contributed by atoms with van der Waals surface area (Å²) in [6.07, 6.45) is 1.05. The third-order valence-electron chi connectivity index (χ3n) is 3.41. The van der Waals surface area contributed by atoms with E-state index in [2.05, 4.69) is 10.2 Å². The van der Waals surface area contributed by atoms with Crippen LogP contribution in [0.15, 0.2) is 24.3 Å². The van der Waals surface area contributed by atoms with E-state index in [-0.39, 0.29) is 5.92 Å². The molecule has 1 aromatic carbocycles. The molecule has 0 radical (unpaired) electrons. The van der Waals surface area contributed by atoms with Crippen molar-refractivity contribution in [1.29, 1.82) is 0 Å². The molecule has 1 unspecified atom stereocenters. The lowest BCUT2D eigenvalue weighted by atomic mass is 9.98. The molecule has 0 saturated heterocycles. The maximum absolute atomic E-state index is 11.0. The summed E-state index contributed by atoms with van der Waals surface area (Å²) in [6, 6.07) is 7.40. The number of halogens is 1. The summed E-state index contributed by atoms with van der Waals surface area (Å²) < 4.78 is 1.99. The lowest BCUT2D eigenvalue weighted by Gasteiger charge is -2.20. The summed E-state index contributed by atoms with van der Waals surface area (Å²) >= 11 is 5.86. The molecule has 1 aliphatic rings. The molecule has 0 saturated carbocycles. The first-order valence-electron chi connectivity index (χ1n) is 6.06. The van der Waals surface area contributed by atoms with Crippen LogP contribution in [-0.2, 0) is 17.8 Å². The van der Waals surface area contributed by atoms with Crippen molar-refractivity contribution in [3.63, 3.8) is 0 Å². The van der Waals surface area contributed by atoms with Crippen LogP contribution in [0.25, 0.3) is 11.4 Å². The number of carboxylic acids is 1. The second-order valence-electron chi connectivity index (χ2n) is 4.63. The van der Waals surface area contributed by atoms with Gasteiger partial charge in [0.2, 0.25) is 0 Å². The van der Waals surface area contributed by atoms with Crippen LogP contribution in [0, 0.1) is 5.92 Å². The highest BCUT2D eigenvalue weighted by atomic mass is 35.5. The van der Waals surface area contributed by atoms with Crippen molar-refractivity contribution in [2.24, 2.45) is 5.92 Å². The lowest BCUT2D eigenvalue weighted by molar-refractivity contribution is -0.142. The fraction of sp³-hybridized carbons (Fsp3) is 0.308. The summed E-state index contributed by atoms with van der Waals surface area (Å²) in [4.78, 5) is 11.0. The van der Waals surface area contributed by atoms with Crippen molar-refractivity contribution in [2.75, 3.05) is 0 Å². The maximum atomic E-state index is 11.0. The highest BCUT2D eigenvalue weighted by Crippen LogP contribution is 2.26. The van der Waals surface area contributed by atoms with E-state index in [0.717, 1.165) is 17.2 Å². The Morgan fingerprint density at radius 3 is 2.74 bits per heavy atom. The molecule has 0 fully saturated rings. The highest BCUT2D eigenvalue weighted by Gasteiger charge is 2.27. The minimum Gasteiger partial charge on any atom is -0.481 e. The van der Waals surface area contributed by atoms with Gasteiger partial charge >= 0.3 is 5.97 Å². The predicted molar refractivity (Wildman–Crippen MR) is 69.9 cm³/mol. The standard InChI is InChI=1S/C13H12ClN3O2/c14-10-3-1-8(2-4-10)12-16-15-11-7-9(13(18)19)5-6-17(11)12/h1-4,9H,5-7H2,(H,18,19). The highest BCUT2D eigenvalue weighted by molar-refractivity contribution is 6.30. The topological polar surface area (TPSA) is 68.0 Å². The second-order valence-corrected chi connectivity index (χ2v) is 5.06. The van der Waals surface area contributed by atoms with Gasteiger partial charge in [0.1, 0.15) is 5.82 Å². The molecule has 5 nitrogen and oxygen atoms in total. The van der Waals surface area contributed by atoms with Crippen LogP contribution in [0.1, 0.15) is 12.2 Å². The first kappa shape index (κ1) is 12.2. The zero-order valence-corrected chi connectivity index (χ0v) is 10.8. The van der Waals surface area contributed by atoms with Crippen molar-refractivity contribution in [3.8, 4) is 11.4 Å². The van der Waals surface area contributed by atoms with Gasteiger partial charge in [0, 0.05) is 23.6 Å². The van der Waals surface area contributed by atoms with Gasteiger partial charge in [0.05, 0.1) is 5.92 Å². The zero-order valence-electron chi connectivity index (χ0n) is 10.1. The lowest BCUT2D eigenvalue weighted by Crippen LogP contribution is -2.26. The summed E-state index contributed by atoms with van der Waals surface area (Å²) in [5, 5.41) is 18.0. The van der Waals surface area contributed by atoms with Crippen molar-refractivity contribution in [2.45, 2.75) is 19.4 Å². The zero-order chi connectivity index (χ0) is 13.4. The molecule has 98 valence electrons.